The standard InChI is InChI=1S/C21H19Cl2FN4O2S/c22-14-5-3-13(4-6-14)20-26-27-21(28(20)11-16-2-1-9-30-16)31-12-19(29)25-15-7-8-18(24)17(23)10-15/h3-8,10,16H,1-2,9,11-12H2,(H,25,29). The van der Waals surface area contributed by atoms with Crippen LogP contribution in [0, 0.1) is 5.82 Å². The zero-order valence-electron chi connectivity index (χ0n) is 16.4. The predicted molar refractivity (Wildman–Crippen MR) is 120 cm³/mol. The molecule has 1 N–H and O–H groups in total. The Morgan fingerprint density at radius 2 is 2.03 bits per heavy atom. The van der Waals surface area contributed by atoms with Crippen LogP contribution in [0.4, 0.5) is 10.1 Å². The molecule has 1 aliphatic heterocycles. The normalized spacial score (nSPS) is 15.9. The summed E-state index contributed by atoms with van der Waals surface area (Å²) in [7, 11) is 0. The highest BCUT2D eigenvalue weighted by Crippen LogP contribution is 2.28. The Hall–Kier alpha value is -2.13. The summed E-state index contributed by atoms with van der Waals surface area (Å²) >= 11 is 13.1. The second-order valence-electron chi connectivity index (χ2n) is 7.02. The Balaban J connectivity index is 1.49. The van der Waals surface area contributed by atoms with E-state index in [9.17, 15) is 9.18 Å². The molecule has 0 bridgehead atoms. The summed E-state index contributed by atoms with van der Waals surface area (Å²) in [4.78, 5) is 12.4. The topological polar surface area (TPSA) is 69.0 Å². The molecule has 1 unspecified atom stereocenters. The monoisotopic (exact) mass is 480 g/mol. The molecular weight excluding hydrogens is 462 g/mol. The Bertz CT molecular complexity index is 1070. The minimum atomic E-state index is -0.536. The van der Waals surface area contributed by atoms with Crippen LogP contribution < -0.4 is 5.32 Å². The fourth-order valence-corrected chi connectivity index (χ4v) is 4.32. The maximum atomic E-state index is 13.3. The van der Waals surface area contributed by atoms with Crippen molar-refractivity contribution in [2.45, 2.75) is 30.6 Å². The second kappa shape index (κ2) is 9.99. The van der Waals surface area contributed by atoms with E-state index in [4.69, 9.17) is 27.9 Å². The lowest BCUT2D eigenvalue weighted by molar-refractivity contribution is -0.113. The molecule has 1 amide bonds. The number of hydrogen-bond acceptors (Lipinski definition) is 5. The lowest BCUT2D eigenvalue weighted by atomic mass is 10.2. The minimum absolute atomic E-state index is 0.0469. The molecule has 0 aliphatic carbocycles. The number of amides is 1. The van der Waals surface area contributed by atoms with Gasteiger partial charge in [0.25, 0.3) is 0 Å². The van der Waals surface area contributed by atoms with Gasteiger partial charge in [-0.2, -0.15) is 0 Å². The molecule has 10 heteroatoms. The number of benzene rings is 2. The molecule has 0 spiro atoms. The first-order chi connectivity index (χ1) is 15.0. The number of carbonyl (C=O) groups excluding carboxylic acids is 1. The zero-order chi connectivity index (χ0) is 21.8. The fraction of sp³-hybridized carbons (Fsp3) is 0.286. The van der Waals surface area contributed by atoms with E-state index in [0.29, 0.717) is 28.2 Å². The van der Waals surface area contributed by atoms with Gasteiger partial charge in [-0.25, -0.2) is 4.39 Å². The van der Waals surface area contributed by atoms with Crippen molar-refractivity contribution in [1.82, 2.24) is 14.8 Å². The number of anilines is 1. The van der Waals surface area contributed by atoms with Crippen LogP contribution in [-0.4, -0.2) is 39.1 Å². The number of nitrogens with one attached hydrogen (secondary N) is 1. The molecule has 0 saturated carbocycles. The molecule has 2 heterocycles. The van der Waals surface area contributed by atoms with E-state index in [2.05, 4.69) is 15.5 Å². The van der Waals surface area contributed by atoms with Crippen molar-refractivity contribution in [3.8, 4) is 11.4 Å². The van der Waals surface area contributed by atoms with Gasteiger partial charge < -0.3 is 10.1 Å². The highest BCUT2D eigenvalue weighted by molar-refractivity contribution is 7.99. The van der Waals surface area contributed by atoms with Crippen molar-refractivity contribution >= 4 is 46.6 Å². The Morgan fingerprint density at radius 3 is 2.74 bits per heavy atom. The molecule has 162 valence electrons. The average Bonchev–Trinajstić information content (AvgIpc) is 3.40. The predicted octanol–water partition coefficient (Wildman–Crippen LogP) is 5.30. The van der Waals surface area contributed by atoms with E-state index >= 15 is 0 Å². The molecular formula is C21H19Cl2FN4O2S. The third kappa shape index (κ3) is 5.57. The Kier molecular flexibility index (Phi) is 7.12. The summed E-state index contributed by atoms with van der Waals surface area (Å²) in [6.07, 6.45) is 2.07. The Morgan fingerprint density at radius 1 is 1.23 bits per heavy atom. The average molecular weight is 481 g/mol. The van der Waals surface area contributed by atoms with Crippen molar-refractivity contribution in [3.05, 3.63) is 58.3 Å². The molecule has 1 aromatic heterocycles. The summed E-state index contributed by atoms with van der Waals surface area (Å²) in [5.41, 5.74) is 1.31. The highest BCUT2D eigenvalue weighted by atomic mass is 35.5. The molecule has 6 nitrogen and oxygen atoms in total. The molecule has 0 radical (unpaired) electrons. The summed E-state index contributed by atoms with van der Waals surface area (Å²) in [5, 5.41) is 12.6. The van der Waals surface area contributed by atoms with Crippen LogP contribution in [0.3, 0.4) is 0 Å². The zero-order valence-corrected chi connectivity index (χ0v) is 18.7. The molecule has 1 saturated heterocycles. The number of hydrogen-bond donors (Lipinski definition) is 1. The molecule has 3 aromatic rings. The van der Waals surface area contributed by atoms with E-state index in [1.807, 2.05) is 16.7 Å². The number of aromatic nitrogens is 3. The van der Waals surface area contributed by atoms with E-state index in [1.165, 1.54) is 30.0 Å². The lowest BCUT2D eigenvalue weighted by Gasteiger charge is -2.15. The van der Waals surface area contributed by atoms with Gasteiger partial charge in [0, 0.05) is 22.9 Å². The molecule has 1 atom stereocenters. The third-order valence-corrected chi connectivity index (χ3v) is 6.27. The van der Waals surface area contributed by atoms with Crippen LogP contribution in [0.25, 0.3) is 11.4 Å². The quantitative estimate of drug-likeness (QED) is 0.464. The van der Waals surface area contributed by atoms with Gasteiger partial charge in [-0.15, -0.1) is 10.2 Å². The number of halogens is 3. The summed E-state index contributed by atoms with van der Waals surface area (Å²) in [6.45, 7) is 1.34. The van der Waals surface area contributed by atoms with Crippen LogP contribution in [0.1, 0.15) is 12.8 Å². The second-order valence-corrected chi connectivity index (χ2v) is 8.81. The molecule has 4 rings (SSSR count). The van der Waals surface area contributed by atoms with Crippen LogP contribution >= 0.6 is 35.0 Å². The summed E-state index contributed by atoms with van der Waals surface area (Å²) in [6, 6.07) is 11.4. The first kappa shape index (κ1) is 22.1. The first-order valence-corrected chi connectivity index (χ1v) is 11.4. The van der Waals surface area contributed by atoms with Gasteiger partial charge in [0.2, 0.25) is 5.91 Å². The lowest BCUT2D eigenvalue weighted by Crippen LogP contribution is -2.18. The van der Waals surface area contributed by atoms with Crippen LogP contribution in [0.5, 0.6) is 0 Å². The van der Waals surface area contributed by atoms with Crippen molar-refractivity contribution in [3.63, 3.8) is 0 Å². The molecule has 31 heavy (non-hydrogen) atoms. The Labute approximate surface area is 193 Å². The number of rotatable bonds is 7. The largest absolute Gasteiger partial charge is 0.376 e. The van der Waals surface area contributed by atoms with Crippen molar-refractivity contribution < 1.29 is 13.9 Å². The van der Waals surface area contributed by atoms with Crippen LogP contribution in [0.15, 0.2) is 47.6 Å². The van der Waals surface area contributed by atoms with E-state index in [-0.39, 0.29) is 22.8 Å². The molecule has 1 aliphatic rings. The van der Waals surface area contributed by atoms with Crippen molar-refractivity contribution in [1.29, 1.82) is 0 Å². The molecule has 1 fully saturated rings. The summed E-state index contributed by atoms with van der Waals surface area (Å²) in [5.74, 6) is 0.0120. The maximum Gasteiger partial charge on any atom is 0.234 e. The number of ether oxygens (including phenoxy) is 1. The van der Waals surface area contributed by atoms with Gasteiger partial charge in [-0.05, 0) is 55.3 Å². The van der Waals surface area contributed by atoms with Gasteiger partial charge in [0.1, 0.15) is 5.82 Å². The van der Waals surface area contributed by atoms with E-state index in [0.717, 1.165) is 25.0 Å². The highest BCUT2D eigenvalue weighted by Gasteiger charge is 2.22. The van der Waals surface area contributed by atoms with Gasteiger partial charge in [-0.1, -0.05) is 35.0 Å². The van der Waals surface area contributed by atoms with Gasteiger partial charge in [-0.3, -0.25) is 9.36 Å². The van der Waals surface area contributed by atoms with Crippen molar-refractivity contribution in [2.75, 3.05) is 17.7 Å². The third-order valence-electron chi connectivity index (χ3n) is 4.77. The maximum absolute atomic E-state index is 13.3. The van der Waals surface area contributed by atoms with E-state index in [1.54, 1.807) is 12.1 Å². The SMILES string of the molecule is O=C(CSc1nnc(-c2ccc(Cl)cc2)n1CC1CCCO1)Nc1ccc(F)c(Cl)c1. The minimum Gasteiger partial charge on any atom is -0.376 e. The van der Waals surface area contributed by atoms with E-state index < -0.39 is 5.82 Å². The molecule has 2 aromatic carbocycles. The number of carbonyl (C=O) groups is 1. The van der Waals surface area contributed by atoms with Gasteiger partial charge in [0.15, 0.2) is 11.0 Å². The number of nitrogens with zero attached hydrogens (tertiary/aromatic N) is 3. The van der Waals surface area contributed by atoms with Crippen molar-refractivity contribution in [2.24, 2.45) is 0 Å². The van der Waals surface area contributed by atoms with Crippen LogP contribution in [0.2, 0.25) is 10.0 Å². The van der Waals surface area contributed by atoms with Gasteiger partial charge in [0.05, 0.1) is 23.4 Å². The first-order valence-electron chi connectivity index (χ1n) is 9.68. The smallest absolute Gasteiger partial charge is 0.234 e. The van der Waals surface area contributed by atoms with Gasteiger partial charge >= 0.3 is 0 Å². The van der Waals surface area contributed by atoms with Crippen LogP contribution in [-0.2, 0) is 16.1 Å². The summed E-state index contributed by atoms with van der Waals surface area (Å²) < 4.78 is 21.1. The number of thioether (sulfide) groups is 1. The fourth-order valence-electron chi connectivity index (χ4n) is 3.27.